The van der Waals surface area contributed by atoms with Crippen LogP contribution in [0.4, 0.5) is 5.69 Å². The number of carbonyl (C=O) groups is 2. The highest BCUT2D eigenvalue weighted by atomic mass is 16.6. The molecule has 0 unspecified atom stereocenters. The number of hydrogen-bond acceptors (Lipinski definition) is 5. The summed E-state index contributed by atoms with van der Waals surface area (Å²) in [5, 5.41) is 20.1. The first-order valence-electron chi connectivity index (χ1n) is 8.23. The third-order valence-electron chi connectivity index (χ3n) is 4.06. The van der Waals surface area contributed by atoms with Crippen molar-refractivity contribution in [2.45, 2.75) is 19.9 Å². The molecule has 0 heterocycles. The predicted octanol–water partition coefficient (Wildman–Crippen LogP) is 3.12. The Balaban J connectivity index is 2.31. The molecule has 0 aromatic heterocycles. The molecule has 0 amide bonds. The molecule has 0 aliphatic carbocycles. The van der Waals surface area contributed by atoms with Gasteiger partial charge in [0.25, 0.3) is 5.69 Å². The summed E-state index contributed by atoms with van der Waals surface area (Å²) in [5.74, 6) is -1.14. The van der Waals surface area contributed by atoms with Gasteiger partial charge in [0, 0.05) is 35.8 Å². The topological polar surface area (TPSA) is 101 Å². The lowest BCUT2D eigenvalue weighted by molar-refractivity contribution is -0.385. The molecule has 7 heteroatoms. The molecule has 0 aliphatic heterocycles. The SMILES string of the molecule is CCN(CCC(=O)O)Cc1cc(C(=O)c2ccccc2)ccc1[N+](=O)[O-]. The molecule has 0 atom stereocenters. The van der Waals surface area contributed by atoms with Crippen molar-refractivity contribution in [2.75, 3.05) is 13.1 Å². The fourth-order valence-electron chi connectivity index (χ4n) is 2.63. The van der Waals surface area contributed by atoms with Crippen LogP contribution < -0.4 is 0 Å². The molecule has 0 radical (unpaired) electrons. The summed E-state index contributed by atoms with van der Waals surface area (Å²) in [6, 6.07) is 13.0. The second-order valence-electron chi connectivity index (χ2n) is 5.81. The zero-order valence-electron chi connectivity index (χ0n) is 14.4. The van der Waals surface area contributed by atoms with Crippen molar-refractivity contribution in [3.05, 3.63) is 75.3 Å². The predicted molar refractivity (Wildman–Crippen MR) is 96.2 cm³/mol. The normalized spacial score (nSPS) is 10.7. The third kappa shape index (κ3) is 4.97. The number of carboxylic acids is 1. The van der Waals surface area contributed by atoms with Crippen LogP contribution in [0.5, 0.6) is 0 Å². The van der Waals surface area contributed by atoms with E-state index in [0.717, 1.165) is 0 Å². The summed E-state index contributed by atoms with van der Waals surface area (Å²) in [6.45, 7) is 2.88. The molecule has 7 nitrogen and oxygen atoms in total. The molecule has 136 valence electrons. The number of nitrogens with zero attached hydrogens (tertiary/aromatic N) is 2. The number of rotatable bonds is 9. The number of nitro groups is 1. The van der Waals surface area contributed by atoms with Gasteiger partial charge in [0.15, 0.2) is 5.78 Å². The minimum atomic E-state index is -0.925. The smallest absolute Gasteiger partial charge is 0.304 e. The van der Waals surface area contributed by atoms with Crippen LogP contribution in [-0.4, -0.2) is 39.8 Å². The monoisotopic (exact) mass is 356 g/mol. The third-order valence-corrected chi connectivity index (χ3v) is 4.06. The van der Waals surface area contributed by atoms with E-state index in [0.29, 0.717) is 23.2 Å². The fourth-order valence-corrected chi connectivity index (χ4v) is 2.63. The number of ketones is 1. The summed E-state index contributed by atoms with van der Waals surface area (Å²) in [5.41, 5.74) is 1.18. The van der Waals surface area contributed by atoms with Gasteiger partial charge in [-0.05, 0) is 18.7 Å². The van der Waals surface area contributed by atoms with E-state index < -0.39 is 10.9 Å². The Morgan fingerprint density at radius 2 is 1.81 bits per heavy atom. The van der Waals surface area contributed by atoms with Crippen molar-refractivity contribution < 1.29 is 19.6 Å². The average molecular weight is 356 g/mol. The lowest BCUT2D eigenvalue weighted by Gasteiger charge is -2.19. The number of carbonyl (C=O) groups excluding carboxylic acids is 1. The van der Waals surface area contributed by atoms with Crippen LogP contribution in [0.25, 0.3) is 0 Å². The van der Waals surface area contributed by atoms with Gasteiger partial charge in [-0.15, -0.1) is 0 Å². The highest BCUT2D eigenvalue weighted by Crippen LogP contribution is 2.23. The van der Waals surface area contributed by atoms with Gasteiger partial charge in [-0.2, -0.15) is 0 Å². The summed E-state index contributed by atoms with van der Waals surface area (Å²) in [6.07, 6.45) is -0.0513. The van der Waals surface area contributed by atoms with Crippen LogP contribution in [0.1, 0.15) is 34.8 Å². The quantitative estimate of drug-likeness (QED) is 0.421. The van der Waals surface area contributed by atoms with E-state index in [4.69, 9.17) is 5.11 Å². The Kier molecular flexibility index (Phi) is 6.57. The molecule has 0 aliphatic rings. The van der Waals surface area contributed by atoms with Gasteiger partial charge in [0.2, 0.25) is 0 Å². The largest absolute Gasteiger partial charge is 0.481 e. The number of benzene rings is 2. The number of carboxylic acid groups (broad SMARTS) is 1. The summed E-state index contributed by atoms with van der Waals surface area (Å²) in [7, 11) is 0. The van der Waals surface area contributed by atoms with E-state index in [1.165, 1.54) is 18.2 Å². The van der Waals surface area contributed by atoms with Gasteiger partial charge in [0.1, 0.15) is 0 Å². The highest BCUT2D eigenvalue weighted by molar-refractivity contribution is 6.09. The van der Waals surface area contributed by atoms with E-state index in [1.54, 1.807) is 35.2 Å². The average Bonchev–Trinajstić information content (AvgIpc) is 2.64. The van der Waals surface area contributed by atoms with Crippen molar-refractivity contribution in [1.82, 2.24) is 4.90 Å². The first-order chi connectivity index (χ1) is 12.4. The summed E-state index contributed by atoms with van der Waals surface area (Å²) < 4.78 is 0. The van der Waals surface area contributed by atoms with Gasteiger partial charge >= 0.3 is 5.97 Å². The van der Waals surface area contributed by atoms with Crippen LogP contribution in [0.15, 0.2) is 48.5 Å². The van der Waals surface area contributed by atoms with E-state index in [1.807, 2.05) is 6.92 Å². The zero-order valence-corrected chi connectivity index (χ0v) is 14.4. The van der Waals surface area contributed by atoms with E-state index in [2.05, 4.69) is 0 Å². The molecule has 2 aromatic carbocycles. The van der Waals surface area contributed by atoms with Crippen LogP contribution >= 0.6 is 0 Å². The lowest BCUT2D eigenvalue weighted by atomic mass is 10.00. The van der Waals surface area contributed by atoms with Crippen molar-refractivity contribution >= 4 is 17.4 Å². The summed E-state index contributed by atoms with van der Waals surface area (Å²) >= 11 is 0. The molecule has 0 fully saturated rings. The van der Waals surface area contributed by atoms with Gasteiger partial charge in [-0.1, -0.05) is 37.3 Å². The second kappa shape index (κ2) is 8.87. The minimum absolute atomic E-state index is 0.0513. The number of hydrogen-bond donors (Lipinski definition) is 1. The Hall–Kier alpha value is -3.06. The van der Waals surface area contributed by atoms with Crippen molar-refractivity contribution in [3.63, 3.8) is 0 Å². The van der Waals surface area contributed by atoms with Gasteiger partial charge in [-0.3, -0.25) is 24.6 Å². The van der Waals surface area contributed by atoms with E-state index in [9.17, 15) is 19.7 Å². The van der Waals surface area contributed by atoms with Crippen LogP contribution in [0.2, 0.25) is 0 Å². The molecule has 2 aromatic rings. The number of nitro benzene ring substituents is 1. The summed E-state index contributed by atoms with van der Waals surface area (Å²) in [4.78, 5) is 36.0. The van der Waals surface area contributed by atoms with Crippen LogP contribution in [0, 0.1) is 10.1 Å². The maximum atomic E-state index is 12.6. The first kappa shape index (κ1) is 19.3. The molecule has 2 rings (SSSR count). The standard InChI is InChI=1S/C19H20N2O5/c1-2-20(11-10-18(22)23)13-16-12-15(8-9-17(16)21(25)26)19(24)14-6-4-3-5-7-14/h3-9,12H,2,10-11,13H2,1H3,(H,22,23). The Morgan fingerprint density at radius 1 is 1.12 bits per heavy atom. The molecule has 26 heavy (non-hydrogen) atoms. The molecular formula is C19H20N2O5. The van der Waals surface area contributed by atoms with Crippen molar-refractivity contribution in [2.24, 2.45) is 0 Å². The molecule has 0 bridgehead atoms. The highest BCUT2D eigenvalue weighted by Gasteiger charge is 2.19. The fraction of sp³-hybridized carbons (Fsp3) is 0.263. The van der Waals surface area contributed by atoms with E-state index >= 15 is 0 Å². The second-order valence-corrected chi connectivity index (χ2v) is 5.81. The minimum Gasteiger partial charge on any atom is -0.481 e. The van der Waals surface area contributed by atoms with Crippen LogP contribution in [-0.2, 0) is 11.3 Å². The maximum Gasteiger partial charge on any atom is 0.304 e. The first-order valence-corrected chi connectivity index (χ1v) is 8.23. The molecule has 0 saturated carbocycles. The van der Waals surface area contributed by atoms with Gasteiger partial charge in [-0.25, -0.2) is 0 Å². The van der Waals surface area contributed by atoms with Crippen molar-refractivity contribution in [3.8, 4) is 0 Å². The van der Waals surface area contributed by atoms with Gasteiger partial charge < -0.3 is 5.11 Å². The molecular weight excluding hydrogens is 336 g/mol. The Morgan fingerprint density at radius 3 is 2.38 bits per heavy atom. The molecule has 0 saturated heterocycles. The van der Waals surface area contributed by atoms with E-state index in [-0.39, 0.29) is 31.0 Å². The number of aliphatic carboxylic acids is 1. The lowest BCUT2D eigenvalue weighted by Crippen LogP contribution is -2.26. The molecule has 0 spiro atoms. The molecule has 1 N–H and O–H groups in total. The Bertz CT molecular complexity index is 805. The Labute approximate surface area is 151 Å². The van der Waals surface area contributed by atoms with Crippen LogP contribution in [0.3, 0.4) is 0 Å². The van der Waals surface area contributed by atoms with Gasteiger partial charge in [0.05, 0.1) is 11.3 Å². The van der Waals surface area contributed by atoms with Crippen molar-refractivity contribution in [1.29, 1.82) is 0 Å². The zero-order chi connectivity index (χ0) is 19.1. The maximum absolute atomic E-state index is 12.6.